The van der Waals surface area contributed by atoms with Gasteiger partial charge in [-0.15, -0.1) is 0 Å². The van der Waals surface area contributed by atoms with Crippen LogP contribution in [0.3, 0.4) is 0 Å². The highest BCUT2D eigenvalue weighted by atomic mass is 16.3. The minimum Gasteiger partial charge on any atom is -0.435 e. The van der Waals surface area contributed by atoms with Crippen molar-refractivity contribution in [3.05, 3.63) is 235 Å². The molecule has 10 aromatic carbocycles. The number of hydrogen-bond acceptors (Lipinski definition) is 2. The topological polar surface area (TPSA) is 26.0 Å². The second-order valence-corrected chi connectivity index (χ2v) is 15.4. The number of benzene rings is 10. The van der Waals surface area contributed by atoms with Crippen LogP contribution in [0.2, 0.25) is 0 Å². The molecule has 0 radical (unpaired) electrons. The average molecular weight is 738 g/mol. The first-order chi connectivity index (χ1) is 28.7. The first kappa shape index (κ1) is 32.7. The van der Waals surface area contributed by atoms with Crippen molar-refractivity contribution >= 4 is 43.4 Å². The zero-order chi connectivity index (χ0) is 38.2. The average Bonchev–Trinajstić information content (AvgIpc) is 3.88. The van der Waals surface area contributed by atoms with Crippen LogP contribution in [0.4, 0.5) is 0 Å². The van der Waals surface area contributed by atoms with Crippen LogP contribution >= 0.6 is 0 Å². The fourth-order valence-electron chi connectivity index (χ4n) is 9.72. The highest BCUT2D eigenvalue weighted by Crippen LogP contribution is 2.58. The van der Waals surface area contributed by atoms with Crippen LogP contribution in [0.15, 0.2) is 217 Å². The van der Waals surface area contributed by atoms with Crippen LogP contribution in [-0.4, -0.2) is 4.98 Å². The van der Waals surface area contributed by atoms with E-state index in [0.29, 0.717) is 5.89 Å². The van der Waals surface area contributed by atoms with Gasteiger partial charge in [0.1, 0.15) is 5.52 Å². The quantitative estimate of drug-likeness (QED) is 0.164. The summed E-state index contributed by atoms with van der Waals surface area (Å²) in [6.07, 6.45) is 0. The smallest absolute Gasteiger partial charge is 0.227 e. The van der Waals surface area contributed by atoms with Crippen LogP contribution in [-0.2, 0) is 5.41 Å². The molecule has 12 rings (SSSR count). The molecule has 270 valence electrons. The summed E-state index contributed by atoms with van der Waals surface area (Å²) in [5.74, 6) is 0.637. The van der Waals surface area contributed by atoms with Gasteiger partial charge < -0.3 is 4.42 Å². The van der Waals surface area contributed by atoms with E-state index in [1.165, 1.54) is 66.2 Å². The van der Waals surface area contributed by atoms with Gasteiger partial charge in [0.15, 0.2) is 5.58 Å². The third-order valence-corrected chi connectivity index (χ3v) is 12.3. The van der Waals surface area contributed by atoms with Gasteiger partial charge in [-0.2, -0.15) is 0 Å². The second-order valence-electron chi connectivity index (χ2n) is 15.4. The Morgan fingerprint density at radius 2 is 0.948 bits per heavy atom. The Morgan fingerprint density at radius 1 is 0.379 bits per heavy atom. The molecule has 0 saturated heterocycles. The molecule has 0 spiro atoms. The van der Waals surface area contributed by atoms with Crippen molar-refractivity contribution in [2.45, 2.75) is 5.41 Å². The molecule has 0 bridgehead atoms. The first-order valence-corrected chi connectivity index (χ1v) is 19.9. The van der Waals surface area contributed by atoms with E-state index in [1.807, 2.05) is 30.3 Å². The summed E-state index contributed by atoms with van der Waals surface area (Å²) >= 11 is 0. The fraction of sp³-hybridized carbons (Fsp3) is 0.0179. The lowest BCUT2D eigenvalue weighted by Gasteiger charge is -2.34. The van der Waals surface area contributed by atoms with Crippen molar-refractivity contribution in [2.24, 2.45) is 0 Å². The number of fused-ring (bicyclic) bond motifs is 10. The van der Waals surface area contributed by atoms with Crippen molar-refractivity contribution in [1.29, 1.82) is 0 Å². The molecule has 1 heterocycles. The van der Waals surface area contributed by atoms with Crippen LogP contribution in [0.5, 0.6) is 0 Å². The molecular formula is C56H35NO. The number of oxazole rings is 1. The maximum Gasteiger partial charge on any atom is 0.227 e. The summed E-state index contributed by atoms with van der Waals surface area (Å²) < 4.78 is 6.55. The lowest BCUT2D eigenvalue weighted by molar-refractivity contribution is 0.623. The van der Waals surface area contributed by atoms with Crippen molar-refractivity contribution in [3.8, 4) is 44.8 Å². The molecule has 0 aliphatic heterocycles. The monoisotopic (exact) mass is 737 g/mol. The molecule has 1 aliphatic carbocycles. The molecule has 11 aromatic rings. The van der Waals surface area contributed by atoms with Crippen LogP contribution in [0.25, 0.3) is 88.3 Å². The summed E-state index contributed by atoms with van der Waals surface area (Å²) in [7, 11) is 0. The molecular weight excluding hydrogens is 703 g/mol. The Morgan fingerprint density at radius 3 is 1.72 bits per heavy atom. The minimum absolute atomic E-state index is 0.489. The van der Waals surface area contributed by atoms with E-state index in [1.54, 1.807) is 0 Å². The summed E-state index contributed by atoms with van der Waals surface area (Å²) in [4.78, 5) is 4.90. The molecule has 58 heavy (non-hydrogen) atoms. The molecule has 2 heteroatoms. The molecule has 0 atom stereocenters. The lowest BCUT2D eigenvalue weighted by Crippen LogP contribution is -2.28. The molecule has 0 amide bonds. The Labute approximate surface area is 336 Å². The predicted octanol–water partition coefficient (Wildman–Crippen LogP) is 14.7. The summed E-state index contributed by atoms with van der Waals surface area (Å²) in [5, 5.41) is 7.08. The fourth-order valence-corrected chi connectivity index (χ4v) is 9.72. The van der Waals surface area contributed by atoms with E-state index >= 15 is 0 Å². The molecule has 0 saturated carbocycles. The van der Waals surface area contributed by atoms with Crippen LogP contribution in [0.1, 0.15) is 22.3 Å². The van der Waals surface area contributed by atoms with Gasteiger partial charge in [0.2, 0.25) is 5.89 Å². The summed E-state index contributed by atoms with van der Waals surface area (Å²) in [6, 6.07) is 77.3. The standard InChI is InChI=1S/C56H35NO/c1-4-14-39(15-5-1)55-57-51-32-29-38-25-23-37-24-26-42(34-48(37)52(38)54(51)58-55)40-16-12-17-41(33-40)43-27-30-47-50(35-43)56(44-18-6-2-7-19-44,45-20-8-3-9-21-45)49-31-28-36-13-10-11-22-46(36)53(47)49/h1-35H. The van der Waals surface area contributed by atoms with E-state index in [4.69, 9.17) is 9.40 Å². The molecule has 2 nitrogen and oxygen atoms in total. The molecule has 0 N–H and O–H groups in total. The summed E-state index contributed by atoms with van der Waals surface area (Å²) in [6.45, 7) is 0. The lowest BCUT2D eigenvalue weighted by atomic mass is 9.67. The number of rotatable bonds is 5. The zero-order valence-corrected chi connectivity index (χ0v) is 31.6. The largest absolute Gasteiger partial charge is 0.435 e. The van der Waals surface area contributed by atoms with Crippen molar-refractivity contribution in [1.82, 2.24) is 4.98 Å². The van der Waals surface area contributed by atoms with E-state index in [0.717, 1.165) is 38.4 Å². The predicted molar refractivity (Wildman–Crippen MR) is 240 cm³/mol. The van der Waals surface area contributed by atoms with Crippen LogP contribution < -0.4 is 0 Å². The van der Waals surface area contributed by atoms with E-state index in [-0.39, 0.29) is 0 Å². The third-order valence-electron chi connectivity index (χ3n) is 12.3. The van der Waals surface area contributed by atoms with Crippen molar-refractivity contribution in [3.63, 3.8) is 0 Å². The maximum absolute atomic E-state index is 6.55. The number of hydrogen-bond donors (Lipinski definition) is 0. The van der Waals surface area contributed by atoms with Gasteiger partial charge >= 0.3 is 0 Å². The third kappa shape index (κ3) is 4.82. The molecule has 1 aliphatic rings. The van der Waals surface area contributed by atoms with Crippen molar-refractivity contribution < 1.29 is 4.42 Å². The molecule has 0 fully saturated rings. The van der Waals surface area contributed by atoms with Gasteiger partial charge in [-0.05, 0) is 119 Å². The Kier molecular flexibility index (Phi) is 7.18. The minimum atomic E-state index is -0.489. The number of nitrogens with zero attached hydrogens (tertiary/aromatic N) is 1. The van der Waals surface area contributed by atoms with E-state index < -0.39 is 5.41 Å². The molecule has 1 aromatic heterocycles. The van der Waals surface area contributed by atoms with Gasteiger partial charge in [0, 0.05) is 10.9 Å². The normalized spacial score (nSPS) is 13.0. The second kappa shape index (κ2) is 12.7. The zero-order valence-electron chi connectivity index (χ0n) is 31.6. The van der Waals surface area contributed by atoms with Gasteiger partial charge in [-0.1, -0.05) is 176 Å². The van der Waals surface area contributed by atoms with Gasteiger partial charge in [0.25, 0.3) is 0 Å². The Balaban J connectivity index is 1.04. The SMILES string of the molecule is c1ccc(-c2nc3ccc4ccc5ccc(-c6cccc(-c7ccc8c(c7)C(c7ccccc7)(c7ccccc7)c7ccc9ccccc9c7-8)c6)cc5c4c3o2)cc1. The van der Waals surface area contributed by atoms with Gasteiger partial charge in [0.05, 0.1) is 5.41 Å². The number of aromatic nitrogens is 1. The van der Waals surface area contributed by atoms with Gasteiger partial charge in [-0.25, -0.2) is 4.98 Å². The van der Waals surface area contributed by atoms with Gasteiger partial charge in [-0.3, -0.25) is 0 Å². The Bertz CT molecular complexity index is 3340. The van der Waals surface area contributed by atoms with Crippen molar-refractivity contribution in [2.75, 3.05) is 0 Å². The molecule has 0 unspecified atom stereocenters. The first-order valence-electron chi connectivity index (χ1n) is 19.9. The van der Waals surface area contributed by atoms with Crippen LogP contribution in [0, 0.1) is 0 Å². The Hall–Kier alpha value is -7.55. The summed E-state index contributed by atoms with van der Waals surface area (Å²) in [5.41, 5.74) is 14.6. The van der Waals surface area contributed by atoms with E-state index in [9.17, 15) is 0 Å². The maximum atomic E-state index is 6.55. The highest BCUT2D eigenvalue weighted by molar-refractivity contribution is 6.18. The highest BCUT2D eigenvalue weighted by Gasteiger charge is 2.46. The van der Waals surface area contributed by atoms with E-state index in [2.05, 4.69) is 182 Å².